The smallest absolute Gasteiger partial charge is 0.267 e. The molecule has 0 aliphatic carbocycles. The summed E-state index contributed by atoms with van der Waals surface area (Å²) in [5.74, 6) is 2.26. The first-order chi connectivity index (χ1) is 15.0. The number of amides is 1. The minimum Gasteiger partial charge on any atom is -0.495 e. The third-order valence-electron chi connectivity index (χ3n) is 6.30. The van der Waals surface area contributed by atoms with Crippen LogP contribution in [0, 0.1) is 5.92 Å². The monoisotopic (exact) mass is 425 g/mol. The lowest BCUT2D eigenvalue weighted by atomic mass is 9.99. The second-order valence-electron chi connectivity index (χ2n) is 8.40. The molecule has 8 heteroatoms. The number of aromatic nitrogens is 2. The van der Waals surface area contributed by atoms with Gasteiger partial charge in [0.15, 0.2) is 0 Å². The van der Waals surface area contributed by atoms with Crippen molar-refractivity contribution in [1.82, 2.24) is 14.7 Å². The Hall–Kier alpha value is -3.03. The Morgan fingerprint density at radius 3 is 2.42 bits per heavy atom. The first kappa shape index (κ1) is 21.2. The average Bonchev–Trinajstić information content (AvgIpc) is 2.81. The number of hydrogen-bond donors (Lipinski definition) is 0. The van der Waals surface area contributed by atoms with Gasteiger partial charge in [-0.05, 0) is 37.0 Å². The molecule has 0 atom stereocenters. The highest BCUT2D eigenvalue weighted by Crippen LogP contribution is 2.28. The van der Waals surface area contributed by atoms with Gasteiger partial charge >= 0.3 is 0 Å². The maximum absolute atomic E-state index is 12.9. The number of carbonyl (C=O) groups excluding carboxylic acids is 1. The van der Waals surface area contributed by atoms with Crippen LogP contribution in [-0.2, 0) is 11.3 Å². The molecule has 0 saturated carbocycles. The minimum absolute atomic E-state index is 0.0222. The normalized spacial score (nSPS) is 17.7. The molecular weight excluding hydrogens is 394 g/mol. The lowest BCUT2D eigenvalue weighted by Gasteiger charge is -2.36. The summed E-state index contributed by atoms with van der Waals surface area (Å²) in [6.07, 6.45) is 2.24. The Balaban J connectivity index is 1.38. The quantitative estimate of drug-likeness (QED) is 0.728. The summed E-state index contributed by atoms with van der Waals surface area (Å²) in [6, 6.07) is 11.2. The van der Waals surface area contributed by atoms with E-state index in [1.165, 1.54) is 10.7 Å². The largest absolute Gasteiger partial charge is 0.495 e. The van der Waals surface area contributed by atoms with Crippen molar-refractivity contribution in [2.45, 2.75) is 26.3 Å². The molecule has 0 N–H and O–H groups in total. The molecule has 166 valence electrons. The van der Waals surface area contributed by atoms with Gasteiger partial charge in [-0.1, -0.05) is 19.1 Å². The van der Waals surface area contributed by atoms with Gasteiger partial charge in [0.25, 0.3) is 5.56 Å². The summed E-state index contributed by atoms with van der Waals surface area (Å²) in [4.78, 5) is 31.4. The molecule has 0 spiro atoms. The maximum atomic E-state index is 12.9. The Bertz CT molecular complexity index is 960. The van der Waals surface area contributed by atoms with Crippen LogP contribution in [0.2, 0.25) is 0 Å². The lowest BCUT2D eigenvalue weighted by molar-refractivity contribution is -0.132. The molecular formula is C23H31N5O3. The number of rotatable bonds is 5. The molecule has 3 heterocycles. The molecule has 0 unspecified atom stereocenters. The van der Waals surface area contributed by atoms with Crippen LogP contribution in [0.5, 0.6) is 5.75 Å². The van der Waals surface area contributed by atoms with Crippen molar-refractivity contribution < 1.29 is 9.53 Å². The number of nitrogens with zero attached hydrogens (tertiary/aromatic N) is 5. The van der Waals surface area contributed by atoms with Crippen molar-refractivity contribution >= 4 is 17.4 Å². The van der Waals surface area contributed by atoms with Gasteiger partial charge in [-0.25, -0.2) is 4.68 Å². The third-order valence-corrected chi connectivity index (χ3v) is 6.30. The molecule has 2 aliphatic heterocycles. The van der Waals surface area contributed by atoms with E-state index in [-0.39, 0.29) is 18.0 Å². The first-order valence-electron chi connectivity index (χ1n) is 11.0. The van der Waals surface area contributed by atoms with Crippen LogP contribution < -0.4 is 20.1 Å². The number of benzene rings is 1. The molecule has 2 aromatic rings. The van der Waals surface area contributed by atoms with Crippen LogP contribution >= 0.6 is 0 Å². The van der Waals surface area contributed by atoms with Gasteiger partial charge in [0, 0.05) is 45.3 Å². The van der Waals surface area contributed by atoms with E-state index in [0.717, 1.165) is 62.2 Å². The molecule has 4 rings (SSSR count). The molecule has 2 saturated heterocycles. The average molecular weight is 426 g/mol. The first-order valence-corrected chi connectivity index (χ1v) is 11.0. The van der Waals surface area contributed by atoms with Gasteiger partial charge in [0.1, 0.15) is 18.1 Å². The van der Waals surface area contributed by atoms with Crippen LogP contribution in [0.3, 0.4) is 0 Å². The predicted molar refractivity (Wildman–Crippen MR) is 121 cm³/mol. The summed E-state index contributed by atoms with van der Waals surface area (Å²) in [5.41, 5.74) is 0.800. The summed E-state index contributed by atoms with van der Waals surface area (Å²) in [5, 5.41) is 4.50. The van der Waals surface area contributed by atoms with E-state index < -0.39 is 0 Å². The zero-order chi connectivity index (χ0) is 21.8. The Morgan fingerprint density at radius 1 is 1.00 bits per heavy atom. The van der Waals surface area contributed by atoms with Crippen molar-refractivity contribution in [3.05, 3.63) is 46.8 Å². The van der Waals surface area contributed by atoms with Gasteiger partial charge in [0.2, 0.25) is 5.91 Å². The molecule has 2 aliphatic rings. The second-order valence-corrected chi connectivity index (χ2v) is 8.40. The number of anilines is 2. The van der Waals surface area contributed by atoms with E-state index in [9.17, 15) is 9.59 Å². The summed E-state index contributed by atoms with van der Waals surface area (Å²) in [7, 11) is 1.67. The highest BCUT2D eigenvalue weighted by molar-refractivity contribution is 5.76. The number of methoxy groups -OCH3 is 1. The van der Waals surface area contributed by atoms with Crippen molar-refractivity contribution in [3.8, 4) is 5.75 Å². The lowest BCUT2D eigenvalue weighted by Crippen LogP contribution is -2.50. The Labute approximate surface area is 183 Å². The van der Waals surface area contributed by atoms with E-state index >= 15 is 0 Å². The van der Waals surface area contributed by atoms with Crippen LogP contribution in [0.1, 0.15) is 19.8 Å². The van der Waals surface area contributed by atoms with Gasteiger partial charge in [-0.15, -0.1) is 0 Å². The summed E-state index contributed by atoms with van der Waals surface area (Å²) < 4.78 is 6.77. The van der Waals surface area contributed by atoms with Crippen LogP contribution in [-0.4, -0.2) is 67.0 Å². The second kappa shape index (κ2) is 9.41. The predicted octanol–water partition coefficient (Wildman–Crippen LogP) is 1.84. The van der Waals surface area contributed by atoms with E-state index in [4.69, 9.17) is 4.74 Å². The van der Waals surface area contributed by atoms with Crippen molar-refractivity contribution in [2.75, 3.05) is 56.2 Å². The van der Waals surface area contributed by atoms with E-state index in [0.29, 0.717) is 13.1 Å². The Morgan fingerprint density at radius 2 is 1.71 bits per heavy atom. The number of carbonyl (C=O) groups is 1. The van der Waals surface area contributed by atoms with E-state index in [1.54, 1.807) is 13.2 Å². The number of hydrogen-bond acceptors (Lipinski definition) is 6. The van der Waals surface area contributed by atoms with Crippen LogP contribution in [0.25, 0.3) is 0 Å². The number of piperazine rings is 1. The number of para-hydroxylation sites is 2. The highest BCUT2D eigenvalue weighted by Gasteiger charge is 2.24. The summed E-state index contributed by atoms with van der Waals surface area (Å²) in [6.45, 7) is 6.77. The highest BCUT2D eigenvalue weighted by atomic mass is 16.5. The number of ether oxygens (including phenoxy) is 1. The zero-order valence-corrected chi connectivity index (χ0v) is 18.4. The SMILES string of the molecule is COc1ccccc1N1CCN(C(=O)Cn2nc(N3CCC(C)CC3)ccc2=O)CC1. The molecule has 1 amide bonds. The molecule has 31 heavy (non-hydrogen) atoms. The van der Waals surface area contributed by atoms with Crippen LogP contribution in [0.4, 0.5) is 11.5 Å². The zero-order valence-electron chi connectivity index (χ0n) is 18.4. The fraction of sp³-hybridized carbons (Fsp3) is 0.522. The molecule has 2 fully saturated rings. The standard InChI is InChI=1S/C23H31N5O3/c1-18-9-11-26(12-10-18)21-7-8-22(29)28(24-21)17-23(30)27-15-13-25(14-16-27)19-5-3-4-6-20(19)31-2/h3-8,18H,9-17H2,1-2H3. The molecule has 8 nitrogen and oxygen atoms in total. The topological polar surface area (TPSA) is 70.9 Å². The van der Waals surface area contributed by atoms with E-state index in [1.807, 2.05) is 29.2 Å². The van der Waals surface area contributed by atoms with Gasteiger partial charge in [-0.3, -0.25) is 9.59 Å². The molecule has 0 bridgehead atoms. The van der Waals surface area contributed by atoms with E-state index in [2.05, 4.69) is 21.8 Å². The van der Waals surface area contributed by atoms with Gasteiger partial charge < -0.3 is 19.4 Å². The fourth-order valence-electron chi connectivity index (χ4n) is 4.27. The molecule has 1 aromatic carbocycles. The third kappa shape index (κ3) is 4.84. The molecule has 0 radical (unpaired) electrons. The summed E-state index contributed by atoms with van der Waals surface area (Å²) >= 11 is 0. The van der Waals surface area contributed by atoms with Gasteiger partial charge in [-0.2, -0.15) is 5.10 Å². The maximum Gasteiger partial charge on any atom is 0.267 e. The van der Waals surface area contributed by atoms with Gasteiger partial charge in [0.05, 0.1) is 12.8 Å². The fourth-order valence-corrected chi connectivity index (χ4v) is 4.27. The minimum atomic E-state index is -0.241. The van der Waals surface area contributed by atoms with Crippen LogP contribution in [0.15, 0.2) is 41.2 Å². The van der Waals surface area contributed by atoms with Crippen molar-refractivity contribution in [2.24, 2.45) is 5.92 Å². The molecule has 1 aromatic heterocycles. The number of piperidine rings is 1. The Kier molecular flexibility index (Phi) is 6.44. The van der Waals surface area contributed by atoms with Crippen molar-refractivity contribution in [1.29, 1.82) is 0 Å². The van der Waals surface area contributed by atoms with Crippen molar-refractivity contribution in [3.63, 3.8) is 0 Å².